The Balaban J connectivity index is 1.44. The summed E-state index contributed by atoms with van der Waals surface area (Å²) in [5.74, 6) is -0.203. The van der Waals surface area contributed by atoms with Crippen molar-refractivity contribution >= 4 is 16.8 Å². The van der Waals surface area contributed by atoms with E-state index in [4.69, 9.17) is 0 Å². The highest BCUT2D eigenvalue weighted by molar-refractivity contribution is 5.99. The largest absolute Gasteiger partial charge is 0.416 e. The highest BCUT2D eigenvalue weighted by Crippen LogP contribution is 2.32. The summed E-state index contributed by atoms with van der Waals surface area (Å²) < 4.78 is 42.7. The number of aryl methyl sites for hydroxylation is 1. The minimum atomic E-state index is -4.42. The van der Waals surface area contributed by atoms with E-state index in [0.717, 1.165) is 29.1 Å². The molecule has 5 nitrogen and oxygen atoms in total. The molecule has 0 spiro atoms. The van der Waals surface area contributed by atoms with Crippen LogP contribution < -0.4 is 0 Å². The molecule has 1 aliphatic rings. The van der Waals surface area contributed by atoms with Crippen molar-refractivity contribution in [2.75, 3.05) is 6.54 Å². The van der Waals surface area contributed by atoms with Crippen LogP contribution >= 0.6 is 0 Å². The van der Waals surface area contributed by atoms with Crippen molar-refractivity contribution < 1.29 is 18.0 Å². The number of rotatable bonds is 2. The summed E-state index contributed by atoms with van der Waals surface area (Å²) in [5, 5.41) is 4.88. The summed E-state index contributed by atoms with van der Waals surface area (Å²) in [7, 11) is 1.70. The maximum absolute atomic E-state index is 13.2. The van der Waals surface area contributed by atoms with Crippen molar-refractivity contribution in [3.05, 3.63) is 83.3 Å². The number of carbonyl (C=O) groups is 1. The average molecular weight is 424 g/mol. The molecule has 5 rings (SSSR count). The topological polar surface area (TPSA) is 43.1 Å². The third-order valence-electron chi connectivity index (χ3n) is 5.81. The van der Waals surface area contributed by atoms with E-state index in [2.05, 4.69) is 5.10 Å². The number of hydrogen-bond donors (Lipinski definition) is 0. The monoisotopic (exact) mass is 424 g/mol. The number of benzene rings is 2. The standard InChI is InChI=1S/C23H19F3N4O/c1-28-19-8-7-17(23(24,25)26)11-15(19)12-21(28)22(31)29-10-9-20-16(14-29)13-27-30(20)18-5-3-2-4-6-18/h2-8,11-13H,9-10,14H2,1H3. The molecule has 2 aromatic carbocycles. The van der Waals surface area contributed by atoms with Gasteiger partial charge >= 0.3 is 6.18 Å². The van der Waals surface area contributed by atoms with E-state index in [1.54, 1.807) is 22.7 Å². The third kappa shape index (κ3) is 3.28. The van der Waals surface area contributed by atoms with Crippen LogP contribution in [-0.2, 0) is 26.2 Å². The molecule has 0 N–H and O–H groups in total. The van der Waals surface area contributed by atoms with Crippen molar-refractivity contribution in [1.82, 2.24) is 19.2 Å². The van der Waals surface area contributed by atoms with Gasteiger partial charge in [0.25, 0.3) is 5.91 Å². The van der Waals surface area contributed by atoms with Crippen molar-refractivity contribution in [2.45, 2.75) is 19.1 Å². The normalized spacial score (nSPS) is 14.1. The van der Waals surface area contributed by atoms with E-state index in [-0.39, 0.29) is 5.91 Å². The highest BCUT2D eigenvalue weighted by atomic mass is 19.4. The lowest BCUT2D eigenvalue weighted by atomic mass is 10.1. The van der Waals surface area contributed by atoms with E-state index in [1.807, 2.05) is 35.0 Å². The molecule has 1 amide bonds. The van der Waals surface area contributed by atoms with E-state index >= 15 is 0 Å². The first-order valence-electron chi connectivity index (χ1n) is 9.90. The van der Waals surface area contributed by atoms with Crippen molar-refractivity contribution in [2.24, 2.45) is 7.05 Å². The zero-order valence-electron chi connectivity index (χ0n) is 16.7. The zero-order valence-corrected chi connectivity index (χ0v) is 16.7. The van der Waals surface area contributed by atoms with Gasteiger partial charge in [-0.05, 0) is 36.4 Å². The van der Waals surface area contributed by atoms with Crippen LogP contribution in [0, 0.1) is 0 Å². The Bertz CT molecular complexity index is 1290. The van der Waals surface area contributed by atoms with Gasteiger partial charge in [0.2, 0.25) is 0 Å². The summed E-state index contributed by atoms with van der Waals surface area (Å²) in [6.45, 7) is 0.927. The van der Waals surface area contributed by atoms with E-state index in [9.17, 15) is 18.0 Å². The Labute approximate surface area is 176 Å². The van der Waals surface area contributed by atoms with Crippen LogP contribution in [0.5, 0.6) is 0 Å². The second kappa shape index (κ2) is 7.01. The molecule has 31 heavy (non-hydrogen) atoms. The number of nitrogens with zero attached hydrogens (tertiary/aromatic N) is 4. The quantitative estimate of drug-likeness (QED) is 0.473. The second-order valence-corrected chi connectivity index (χ2v) is 7.70. The number of fused-ring (bicyclic) bond motifs is 2. The van der Waals surface area contributed by atoms with Crippen molar-refractivity contribution in [3.63, 3.8) is 0 Å². The highest BCUT2D eigenvalue weighted by Gasteiger charge is 2.31. The molecule has 0 saturated carbocycles. The third-order valence-corrected chi connectivity index (χ3v) is 5.81. The van der Waals surface area contributed by atoms with Crippen LogP contribution in [0.25, 0.3) is 16.6 Å². The lowest BCUT2D eigenvalue weighted by Gasteiger charge is -2.27. The van der Waals surface area contributed by atoms with Crippen LogP contribution in [-0.4, -0.2) is 31.7 Å². The first kappa shape index (κ1) is 19.4. The molecular formula is C23H19F3N4O. The maximum atomic E-state index is 13.2. The second-order valence-electron chi connectivity index (χ2n) is 7.70. The molecule has 0 saturated heterocycles. The first-order valence-corrected chi connectivity index (χ1v) is 9.90. The maximum Gasteiger partial charge on any atom is 0.416 e. The fourth-order valence-electron chi connectivity index (χ4n) is 4.19. The lowest BCUT2D eigenvalue weighted by molar-refractivity contribution is -0.137. The Morgan fingerprint density at radius 2 is 1.84 bits per heavy atom. The van der Waals surface area contributed by atoms with Crippen molar-refractivity contribution in [1.29, 1.82) is 0 Å². The molecule has 0 fully saturated rings. The van der Waals surface area contributed by atoms with Gasteiger partial charge in [-0.2, -0.15) is 18.3 Å². The Kier molecular flexibility index (Phi) is 4.39. The zero-order chi connectivity index (χ0) is 21.8. The van der Waals surface area contributed by atoms with Crippen molar-refractivity contribution in [3.8, 4) is 5.69 Å². The molecule has 0 bridgehead atoms. The number of amides is 1. The van der Waals surface area contributed by atoms with Gasteiger partial charge in [0.05, 0.1) is 23.1 Å². The number of carbonyl (C=O) groups excluding carboxylic acids is 1. The molecule has 4 aromatic rings. The predicted molar refractivity (Wildman–Crippen MR) is 110 cm³/mol. The van der Waals surface area contributed by atoms with Crippen LogP contribution in [0.1, 0.15) is 27.3 Å². The van der Waals surface area contributed by atoms with Crippen LogP contribution in [0.2, 0.25) is 0 Å². The average Bonchev–Trinajstić information content (AvgIpc) is 3.33. The SMILES string of the molecule is Cn1c(C(=O)N2CCc3c(cnn3-c3ccccc3)C2)cc2cc(C(F)(F)F)ccc21. The van der Waals surface area contributed by atoms with Gasteiger partial charge in [0.15, 0.2) is 0 Å². The molecule has 8 heteroatoms. The van der Waals surface area contributed by atoms with Gasteiger partial charge in [-0.25, -0.2) is 4.68 Å². The molecule has 1 aliphatic heterocycles. The molecule has 2 aromatic heterocycles. The van der Waals surface area contributed by atoms with Gasteiger partial charge in [0, 0.05) is 43.0 Å². The van der Waals surface area contributed by atoms with Gasteiger partial charge in [-0.15, -0.1) is 0 Å². The molecular weight excluding hydrogens is 405 g/mol. The molecule has 0 aliphatic carbocycles. The molecule has 0 radical (unpaired) electrons. The van der Waals surface area contributed by atoms with E-state index < -0.39 is 11.7 Å². The number of para-hydroxylation sites is 1. The Morgan fingerprint density at radius 1 is 1.06 bits per heavy atom. The molecule has 0 atom stereocenters. The van der Waals surface area contributed by atoms with Crippen LogP contribution in [0.4, 0.5) is 13.2 Å². The summed E-state index contributed by atoms with van der Waals surface area (Å²) >= 11 is 0. The fourth-order valence-corrected chi connectivity index (χ4v) is 4.19. The minimum Gasteiger partial charge on any atom is -0.340 e. The molecule has 158 valence electrons. The summed E-state index contributed by atoms with van der Waals surface area (Å²) in [6.07, 6.45) is -1.99. The van der Waals surface area contributed by atoms with Crippen LogP contribution in [0.15, 0.2) is 60.8 Å². The van der Waals surface area contributed by atoms with Gasteiger partial charge < -0.3 is 9.47 Å². The summed E-state index contributed by atoms with van der Waals surface area (Å²) in [6, 6.07) is 14.9. The number of alkyl halides is 3. The van der Waals surface area contributed by atoms with Gasteiger partial charge in [0.1, 0.15) is 5.69 Å². The van der Waals surface area contributed by atoms with E-state index in [0.29, 0.717) is 36.1 Å². The van der Waals surface area contributed by atoms with Crippen LogP contribution in [0.3, 0.4) is 0 Å². The minimum absolute atomic E-state index is 0.203. The van der Waals surface area contributed by atoms with Gasteiger partial charge in [-0.1, -0.05) is 18.2 Å². The Hall–Kier alpha value is -3.55. The molecule has 3 heterocycles. The van der Waals surface area contributed by atoms with E-state index in [1.165, 1.54) is 12.1 Å². The number of aromatic nitrogens is 3. The fraction of sp³-hybridized carbons (Fsp3) is 0.217. The summed E-state index contributed by atoms with van der Waals surface area (Å²) in [5.41, 5.74) is 3.25. The smallest absolute Gasteiger partial charge is 0.340 e. The molecule has 0 unspecified atom stereocenters. The predicted octanol–water partition coefficient (Wildman–Crippen LogP) is 4.58. The number of hydrogen-bond acceptors (Lipinski definition) is 2. The van der Waals surface area contributed by atoms with Gasteiger partial charge in [-0.3, -0.25) is 4.79 Å². The first-order chi connectivity index (χ1) is 14.8. The lowest BCUT2D eigenvalue weighted by Crippen LogP contribution is -2.37. The summed E-state index contributed by atoms with van der Waals surface area (Å²) in [4.78, 5) is 14.9. The number of halogens is 3. The Morgan fingerprint density at radius 3 is 2.58 bits per heavy atom.